The van der Waals surface area contributed by atoms with E-state index in [2.05, 4.69) is 10.00 Å². The first-order chi connectivity index (χ1) is 12.4. The average Bonchev–Trinajstić information content (AvgIpc) is 3.07. The molecule has 0 unspecified atom stereocenters. The van der Waals surface area contributed by atoms with Crippen LogP contribution in [0.2, 0.25) is 10.0 Å². The van der Waals surface area contributed by atoms with Crippen molar-refractivity contribution in [1.29, 1.82) is 0 Å². The number of carboxylic acids is 1. The molecule has 26 heavy (non-hydrogen) atoms. The van der Waals surface area contributed by atoms with Gasteiger partial charge in [-0.3, -0.25) is 14.4 Å². The Labute approximate surface area is 160 Å². The minimum Gasteiger partial charge on any atom is -0.478 e. The number of piperazine rings is 1. The molecular weight excluding hydrogens is 379 g/mol. The summed E-state index contributed by atoms with van der Waals surface area (Å²) in [7, 11) is 0. The van der Waals surface area contributed by atoms with Gasteiger partial charge in [0.1, 0.15) is 6.54 Å². The monoisotopic (exact) mass is 396 g/mol. The number of benzene rings is 1. The number of aromatic nitrogens is 2. The molecule has 2 heterocycles. The SMILES string of the molecule is O=C(O)c1cnn(CC(=O)N2CCN(Cc3ccc(Cl)c(Cl)c3)CC2)c1. The maximum atomic E-state index is 12.4. The van der Waals surface area contributed by atoms with Crippen molar-refractivity contribution in [1.82, 2.24) is 19.6 Å². The molecule has 0 atom stereocenters. The molecule has 3 rings (SSSR count). The van der Waals surface area contributed by atoms with Crippen LogP contribution in [0.1, 0.15) is 15.9 Å². The standard InChI is InChI=1S/C17H18Cl2N4O3/c18-14-2-1-12(7-15(14)19)9-21-3-5-22(6-4-21)16(24)11-23-10-13(8-20-23)17(25)26/h1-2,7-8,10H,3-6,9,11H2,(H,25,26). The highest BCUT2D eigenvalue weighted by Crippen LogP contribution is 2.23. The van der Waals surface area contributed by atoms with Crippen LogP contribution in [-0.4, -0.2) is 62.7 Å². The van der Waals surface area contributed by atoms with Crippen LogP contribution in [0.15, 0.2) is 30.6 Å². The second-order valence-electron chi connectivity index (χ2n) is 6.14. The maximum Gasteiger partial charge on any atom is 0.338 e. The molecule has 0 saturated carbocycles. The number of carbonyl (C=O) groups excluding carboxylic acids is 1. The third kappa shape index (κ3) is 4.55. The van der Waals surface area contributed by atoms with Gasteiger partial charge in [-0.1, -0.05) is 29.3 Å². The van der Waals surface area contributed by atoms with Crippen molar-refractivity contribution in [2.75, 3.05) is 26.2 Å². The van der Waals surface area contributed by atoms with E-state index < -0.39 is 5.97 Å². The van der Waals surface area contributed by atoms with Gasteiger partial charge in [0, 0.05) is 38.9 Å². The molecule has 1 N–H and O–H groups in total. The smallest absolute Gasteiger partial charge is 0.338 e. The molecule has 1 aromatic heterocycles. The van der Waals surface area contributed by atoms with E-state index in [0.29, 0.717) is 23.1 Å². The fourth-order valence-electron chi connectivity index (χ4n) is 2.85. The zero-order chi connectivity index (χ0) is 18.7. The van der Waals surface area contributed by atoms with Crippen LogP contribution < -0.4 is 0 Å². The Kier molecular flexibility index (Phi) is 5.80. The molecule has 0 aliphatic carbocycles. The van der Waals surface area contributed by atoms with Gasteiger partial charge in [0.15, 0.2) is 0 Å². The van der Waals surface area contributed by atoms with Crippen molar-refractivity contribution in [3.05, 3.63) is 51.8 Å². The summed E-state index contributed by atoms with van der Waals surface area (Å²) in [6.07, 6.45) is 2.60. The number of amides is 1. The summed E-state index contributed by atoms with van der Waals surface area (Å²) in [5.74, 6) is -1.13. The van der Waals surface area contributed by atoms with Crippen LogP contribution in [0.3, 0.4) is 0 Å². The molecule has 0 radical (unpaired) electrons. The Morgan fingerprint density at radius 1 is 1.12 bits per heavy atom. The Morgan fingerprint density at radius 2 is 1.85 bits per heavy atom. The van der Waals surface area contributed by atoms with Crippen molar-refractivity contribution >= 4 is 35.1 Å². The third-order valence-corrected chi connectivity index (χ3v) is 5.03. The number of hydrogen-bond donors (Lipinski definition) is 1. The zero-order valence-corrected chi connectivity index (χ0v) is 15.4. The number of nitrogens with zero attached hydrogens (tertiary/aromatic N) is 4. The third-order valence-electron chi connectivity index (χ3n) is 4.29. The summed E-state index contributed by atoms with van der Waals surface area (Å²) in [6, 6.07) is 5.59. The molecule has 1 aliphatic rings. The van der Waals surface area contributed by atoms with E-state index in [9.17, 15) is 9.59 Å². The van der Waals surface area contributed by atoms with Crippen molar-refractivity contribution in [2.24, 2.45) is 0 Å². The lowest BCUT2D eigenvalue weighted by molar-refractivity contribution is -0.133. The number of aromatic carboxylic acids is 1. The molecule has 2 aromatic rings. The van der Waals surface area contributed by atoms with Gasteiger partial charge in [0.25, 0.3) is 0 Å². The first-order valence-corrected chi connectivity index (χ1v) is 8.88. The van der Waals surface area contributed by atoms with E-state index in [0.717, 1.165) is 25.2 Å². The topological polar surface area (TPSA) is 78.7 Å². The quantitative estimate of drug-likeness (QED) is 0.837. The fourth-order valence-corrected chi connectivity index (χ4v) is 3.17. The minimum atomic E-state index is -1.06. The fraction of sp³-hybridized carbons (Fsp3) is 0.353. The predicted molar refractivity (Wildman–Crippen MR) is 97.5 cm³/mol. The Morgan fingerprint density at radius 3 is 2.46 bits per heavy atom. The summed E-state index contributed by atoms with van der Waals surface area (Å²) in [4.78, 5) is 27.2. The number of hydrogen-bond acceptors (Lipinski definition) is 4. The lowest BCUT2D eigenvalue weighted by atomic mass is 10.2. The molecule has 138 valence electrons. The molecular formula is C17H18Cl2N4O3. The molecule has 1 saturated heterocycles. The first-order valence-electron chi connectivity index (χ1n) is 8.12. The van der Waals surface area contributed by atoms with Crippen LogP contribution in [0.25, 0.3) is 0 Å². The second kappa shape index (κ2) is 8.07. The summed E-state index contributed by atoms with van der Waals surface area (Å²) in [5, 5.41) is 13.9. The number of carboxylic acid groups (broad SMARTS) is 1. The summed E-state index contributed by atoms with van der Waals surface area (Å²) >= 11 is 12.0. The highest BCUT2D eigenvalue weighted by Gasteiger charge is 2.22. The second-order valence-corrected chi connectivity index (χ2v) is 6.95. The Bertz CT molecular complexity index is 816. The Hall–Kier alpha value is -2.09. The predicted octanol–water partition coefficient (Wildman–Crippen LogP) is 2.23. The number of carbonyl (C=O) groups is 2. The summed E-state index contributed by atoms with van der Waals surface area (Å²) < 4.78 is 1.36. The maximum absolute atomic E-state index is 12.4. The average molecular weight is 397 g/mol. The summed E-state index contributed by atoms with van der Waals surface area (Å²) in [5.41, 5.74) is 1.15. The van der Waals surface area contributed by atoms with Gasteiger partial charge in [-0.05, 0) is 17.7 Å². The van der Waals surface area contributed by atoms with Gasteiger partial charge >= 0.3 is 5.97 Å². The lowest BCUT2D eigenvalue weighted by Gasteiger charge is -2.34. The molecule has 1 aliphatic heterocycles. The Balaban J connectivity index is 1.50. The lowest BCUT2D eigenvalue weighted by Crippen LogP contribution is -2.49. The van der Waals surface area contributed by atoms with Crippen LogP contribution >= 0.6 is 23.2 Å². The number of rotatable bonds is 5. The van der Waals surface area contributed by atoms with Crippen molar-refractivity contribution in [2.45, 2.75) is 13.1 Å². The van der Waals surface area contributed by atoms with E-state index in [1.165, 1.54) is 17.1 Å². The van der Waals surface area contributed by atoms with E-state index in [1.54, 1.807) is 11.0 Å². The molecule has 0 bridgehead atoms. The first kappa shape index (κ1) is 18.7. The van der Waals surface area contributed by atoms with Crippen LogP contribution in [0.4, 0.5) is 0 Å². The van der Waals surface area contributed by atoms with Gasteiger partial charge in [-0.25, -0.2) is 4.79 Å². The van der Waals surface area contributed by atoms with E-state index in [-0.39, 0.29) is 18.0 Å². The summed E-state index contributed by atoms with van der Waals surface area (Å²) in [6.45, 7) is 3.54. The highest BCUT2D eigenvalue weighted by molar-refractivity contribution is 6.42. The van der Waals surface area contributed by atoms with E-state index in [1.807, 2.05) is 12.1 Å². The van der Waals surface area contributed by atoms with Crippen molar-refractivity contribution in [3.8, 4) is 0 Å². The largest absolute Gasteiger partial charge is 0.478 e. The van der Waals surface area contributed by atoms with Crippen molar-refractivity contribution in [3.63, 3.8) is 0 Å². The highest BCUT2D eigenvalue weighted by atomic mass is 35.5. The molecule has 1 aromatic carbocycles. The zero-order valence-electron chi connectivity index (χ0n) is 13.9. The van der Waals surface area contributed by atoms with Gasteiger partial charge in [-0.2, -0.15) is 5.10 Å². The van der Waals surface area contributed by atoms with Crippen molar-refractivity contribution < 1.29 is 14.7 Å². The van der Waals surface area contributed by atoms with Gasteiger partial charge < -0.3 is 10.0 Å². The van der Waals surface area contributed by atoms with Gasteiger partial charge in [-0.15, -0.1) is 0 Å². The molecule has 1 amide bonds. The van der Waals surface area contributed by atoms with Crippen LogP contribution in [-0.2, 0) is 17.9 Å². The normalized spacial score (nSPS) is 15.2. The van der Waals surface area contributed by atoms with Crippen LogP contribution in [0, 0.1) is 0 Å². The van der Waals surface area contributed by atoms with Gasteiger partial charge in [0.2, 0.25) is 5.91 Å². The molecule has 7 nitrogen and oxygen atoms in total. The van der Waals surface area contributed by atoms with Crippen LogP contribution in [0.5, 0.6) is 0 Å². The molecule has 1 fully saturated rings. The minimum absolute atomic E-state index is 0.0417. The molecule has 9 heteroatoms. The molecule has 0 spiro atoms. The number of halogens is 2. The van der Waals surface area contributed by atoms with Gasteiger partial charge in [0.05, 0.1) is 21.8 Å². The van der Waals surface area contributed by atoms with E-state index in [4.69, 9.17) is 28.3 Å². The van der Waals surface area contributed by atoms with E-state index >= 15 is 0 Å².